The maximum absolute atomic E-state index is 10.9. The summed E-state index contributed by atoms with van der Waals surface area (Å²) in [5.74, 6) is -0.855. The molecule has 0 atom stereocenters. The van der Waals surface area contributed by atoms with Crippen molar-refractivity contribution in [3.8, 4) is 0 Å². The standard InChI is InChI=1S/C17H22N2O2/c1-2-3-4-7-10-18-16-11-13(12-17(20)21)19-15-9-6-5-8-14(15)16/h5-6,8-9,11H,2-4,7,10,12H2,1H3,(H,18,19)(H,20,21). The largest absolute Gasteiger partial charge is 0.481 e. The fourth-order valence-corrected chi connectivity index (χ4v) is 2.40. The summed E-state index contributed by atoms with van der Waals surface area (Å²) in [5, 5.41) is 13.4. The molecule has 0 amide bonds. The molecule has 2 N–H and O–H groups in total. The second kappa shape index (κ2) is 7.62. The highest BCUT2D eigenvalue weighted by molar-refractivity contribution is 5.91. The lowest BCUT2D eigenvalue weighted by Crippen LogP contribution is -2.06. The Labute approximate surface area is 125 Å². The summed E-state index contributed by atoms with van der Waals surface area (Å²) < 4.78 is 0. The van der Waals surface area contributed by atoms with E-state index in [1.807, 2.05) is 30.3 Å². The van der Waals surface area contributed by atoms with Crippen molar-refractivity contribution in [2.45, 2.75) is 39.0 Å². The number of carbonyl (C=O) groups is 1. The highest BCUT2D eigenvalue weighted by Crippen LogP contribution is 2.23. The summed E-state index contributed by atoms with van der Waals surface area (Å²) in [6, 6.07) is 9.69. The lowest BCUT2D eigenvalue weighted by molar-refractivity contribution is -0.136. The van der Waals surface area contributed by atoms with E-state index >= 15 is 0 Å². The van der Waals surface area contributed by atoms with Gasteiger partial charge in [0, 0.05) is 17.6 Å². The van der Waals surface area contributed by atoms with Gasteiger partial charge in [0.15, 0.2) is 0 Å². The molecule has 0 bridgehead atoms. The van der Waals surface area contributed by atoms with Crippen molar-refractivity contribution in [3.05, 3.63) is 36.0 Å². The van der Waals surface area contributed by atoms with Crippen molar-refractivity contribution in [2.75, 3.05) is 11.9 Å². The monoisotopic (exact) mass is 286 g/mol. The van der Waals surface area contributed by atoms with Gasteiger partial charge in [-0.1, -0.05) is 44.4 Å². The summed E-state index contributed by atoms with van der Waals surface area (Å²) >= 11 is 0. The zero-order chi connectivity index (χ0) is 15.1. The van der Waals surface area contributed by atoms with Gasteiger partial charge < -0.3 is 10.4 Å². The first-order valence-corrected chi connectivity index (χ1v) is 7.55. The van der Waals surface area contributed by atoms with E-state index in [1.54, 1.807) is 0 Å². The van der Waals surface area contributed by atoms with Crippen molar-refractivity contribution in [1.29, 1.82) is 0 Å². The van der Waals surface area contributed by atoms with Crippen LogP contribution in [-0.4, -0.2) is 22.6 Å². The highest BCUT2D eigenvalue weighted by Gasteiger charge is 2.08. The number of hydrogen-bond acceptors (Lipinski definition) is 3. The van der Waals surface area contributed by atoms with Crippen molar-refractivity contribution < 1.29 is 9.90 Å². The van der Waals surface area contributed by atoms with Crippen LogP contribution in [0.3, 0.4) is 0 Å². The third-order valence-electron chi connectivity index (χ3n) is 3.45. The Balaban J connectivity index is 2.16. The molecule has 1 heterocycles. The molecule has 0 fully saturated rings. The number of aromatic nitrogens is 1. The summed E-state index contributed by atoms with van der Waals surface area (Å²) in [7, 11) is 0. The quantitative estimate of drug-likeness (QED) is 0.723. The van der Waals surface area contributed by atoms with Gasteiger partial charge in [0.2, 0.25) is 0 Å². The van der Waals surface area contributed by atoms with Crippen LogP contribution in [0.25, 0.3) is 10.9 Å². The first-order chi connectivity index (χ1) is 10.2. The maximum Gasteiger partial charge on any atom is 0.309 e. The Morgan fingerprint density at radius 2 is 2.05 bits per heavy atom. The number of carboxylic acids is 1. The number of hydrogen-bond donors (Lipinski definition) is 2. The minimum Gasteiger partial charge on any atom is -0.481 e. The summed E-state index contributed by atoms with van der Waals surface area (Å²) in [6.07, 6.45) is 4.77. The fourth-order valence-electron chi connectivity index (χ4n) is 2.40. The number of unbranched alkanes of at least 4 members (excludes halogenated alkanes) is 3. The van der Waals surface area contributed by atoms with Gasteiger partial charge in [-0.15, -0.1) is 0 Å². The predicted molar refractivity (Wildman–Crippen MR) is 85.7 cm³/mol. The van der Waals surface area contributed by atoms with Crippen molar-refractivity contribution in [1.82, 2.24) is 4.98 Å². The van der Waals surface area contributed by atoms with E-state index in [0.717, 1.165) is 29.6 Å². The van der Waals surface area contributed by atoms with Crippen molar-refractivity contribution in [2.24, 2.45) is 0 Å². The van der Waals surface area contributed by atoms with Crippen LogP contribution >= 0.6 is 0 Å². The average Bonchev–Trinajstić information content (AvgIpc) is 2.46. The molecule has 4 heteroatoms. The minimum atomic E-state index is -0.855. The van der Waals surface area contributed by atoms with Gasteiger partial charge in [0.25, 0.3) is 0 Å². The molecule has 0 saturated heterocycles. The normalized spacial score (nSPS) is 10.7. The minimum absolute atomic E-state index is 0.0463. The average molecular weight is 286 g/mol. The topological polar surface area (TPSA) is 62.2 Å². The maximum atomic E-state index is 10.9. The Morgan fingerprint density at radius 1 is 1.24 bits per heavy atom. The third-order valence-corrected chi connectivity index (χ3v) is 3.45. The van der Waals surface area contributed by atoms with E-state index in [9.17, 15) is 4.79 Å². The smallest absolute Gasteiger partial charge is 0.309 e. The van der Waals surface area contributed by atoms with Crippen LogP contribution in [0.1, 0.15) is 38.3 Å². The molecule has 0 unspecified atom stereocenters. The lowest BCUT2D eigenvalue weighted by atomic mass is 10.1. The highest BCUT2D eigenvalue weighted by atomic mass is 16.4. The number of rotatable bonds is 8. The van der Waals surface area contributed by atoms with Crippen LogP contribution < -0.4 is 5.32 Å². The SMILES string of the molecule is CCCCCCNc1cc(CC(=O)O)nc2ccccc12. The van der Waals surface area contributed by atoms with Gasteiger partial charge in [0.1, 0.15) is 0 Å². The van der Waals surface area contributed by atoms with Crippen LogP contribution in [0.15, 0.2) is 30.3 Å². The number of nitrogens with one attached hydrogen (secondary N) is 1. The van der Waals surface area contributed by atoms with E-state index in [2.05, 4.69) is 17.2 Å². The number of aliphatic carboxylic acids is 1. The number of nitrogens with zero attached hydrogens (tertiary/aromatic N) is 1. The molecule has 2 aromatic rings. The van der Waals surface area contributed by atoms with Crippen molar-refractivity contribution in [3.63, 3.8) is 0 Å². The number of fused-ring (bicyclic) bond motifs is 1. The molecule has 1 aromatic carbocycles. The third kappa shape index (κ3) is 4.45. The molecule has 4 nitrogen and oxygen atoms in total. The summed E-state index contributed by atoms with van der Waals surface area (Å²) in [4.78, 5) is 15.3. The molecular formula is C17H22N2O2. The van der Waals surface area contributed by atoms with Gasteiger partial charge in [-0.2, -0.15) is 0 Å². The lowest BCUT2D eigenvalue weighted by Gasteiger charge is -2.11. The van der Waals surface area contributed by atoms with Crippen LogP contribution in [-0.2, 0) is 11.2 Å². The number of benzene rings is 1. The van der Waals surface area contributed by atoms with Gasteiger partial charge >= 0.3 is 5.97 Å². The Kier molecular flexibility index (Phi) is 5.55. The van der Waals surface area contributed by atoms with Gasteiger partial charge in [-0.05, 0) is 18.6 Å². The molecular weight excluding hydrogens is 264 g/mol. The van der Waals surface area contributed by atoms with Crippen molar-refractivity contribution >= 4 is 22.6 Å². The zero-order valence-corrected chi connectivity index (χ0v) is 12.4. The molecule has 2 rings (SSSR count). The second-order valence-electron chi connectivity index (χ2n) is 5.24. The summed E-state index contributed by atoms with van der Waals surface area (Å²) in [5.41, 5.74) is 2.41. The Bertz CT molecular complexity index is 611. The van der Waals surface area contributed by atoms with E-state index in [4.69, 9.17) is 5.11 Å². The van der Waals surface area contributed by atoms with E-state index in [1.165, 1.54) is 19.3 Å². The van der Waals surface area contributed by atoms with Crippen LogP contribution in [0, 0.1) is 0 Å². The molecule has 0 aliphatic carbocycles. The summed E-state index contributed by atoms with van der Waals surface area (Å²) in [6.45, 7) is 3.10. The molecule has 21 heavy (non-hydrogen) atoms. The predicted octanol–water partition coefficient (Wildman–Crippen LogP) is 3.85. The molecule has 112 valence electrons. The Morgan fingerprint density at radius 3 is 2.81 bits per heavy atom. The molecule has 0 spiro atoms. The first-order valence-electron chi connectivity index (χ1n) is 7.55. The number of anilines is 1. The van der Waals surface area contributed by atoms with E-state index in [-0.39, 0.29) is 6.42 Å². The molecule has 0 aliphatic rings. The van der Waals surface area contributed by atoms with Crippen LogP contribution in [0.2, 0.25) is 0 Å². The van der Waals surface area contributed by atoms with E-state index < -0.39 is 5.97 Å². The van der Waals surface area contributed by atoms with Crippen LogP contribution in [0.4, 0.5) is 5.69 Å². The number of carboxylic acid groups (broad SMARTS) is 1. The molecule has 1 aromatic heterocycles. The van der Waals surface area contributed by atoms with Crippen LogP contribution in [0.5, 0.6) is 0 Å². The molecule has 0 radical (unpaired) electrons. The number of pyridine rings is 1. The second-order valence-corrected chi connectivity index (χ2v) is 5.24. The first kappa shape index (κ1) is 15.3. The Hall–Kier alpha value is -2.10. The van der Waals surface area contributed by atoms with Gasteiger partial charge in [0.05, 0.1) is 17.6 Å². The fraction of sp³-hybridized carbons (Fsp3) is 0.412. The molecule has 0 aliphatic heterocycles. The van der Waals surface area contributed by atoms with Gasteiger partial charge in [-0.3, -0.25) is 9.78 Å². The molecule has 0 saturated carbocycles. The zero-order valence-electron chi connectivity index (χ0n) is 12.4. The number of para-hydroxylation sites is 1. The van der Waals surface area contributed by atoms with E-state index in [0.29, 0.717) is 5.69 Å². The van der Waals surface area contributed by atoms with Gasteiger partial charge in [-0.25, -0.2) is 0 Å².